The second-order valence-corrected chi connectivity index (χ2v) is 5.52. The number of amides is 1. The SMILES string of the molecule is COc1ccc(C(=O)N2CCOCC2)cc1NCCn1cccn1. The van der Waals surface area contributed by atoms with Crippen LogP contribution in [0.15, 0.2) is 36.7 Å². The topological polar surface area (TPSA) is 68.6 Å². The third-order valence-electron chi connectivity index (χ3n) is 3.96. The van der Waals surface area contributed by atoms with Gasteiger partial charge in [-0.25, -0.2) is 0 Å². The molecule has 0 radical (unpaired) electrons. The number of morpholine rings is 1. The van der Waals surface area contributed by atoms with Crippen molar-refractivity contribution in [3.63, 3.8) is 0 Å². The highest BCUT2D eigenvalue weighted by Crippen LogP contribution is 2.26. The first-order chi connectivity index (χ1) is 11.8. The molecular formula is C17H22N4O3. The van der Waals surface area contributed by atoms with Gasteiger partial charge >= 0.3 is 0 Å². The van der Waals surface area contributed by atoms with Crippen molar-refractivity contribution in [2.75, 3.05) is 45.3 Å². The van der Waals surface area contributed by atoms with E-state index in [1.807, 2.05) is 34.0 Å². The fraction of sp³-hybridized carbons (Fsp3) is 0.412. The number of carbonyl (C=O) groups excluding carboxylic acids is 1. The van der Waals surface area contributed by atoms with Crippen molar-refractivity contribution in [2.45, 2.75) is 6.54 Å². The Kier molecular flexibility index (Phi) is 5.32. The number of anilines is 1. The molecule has 0 spiro atoms. The van der Waals surface area contributed by atoms with Crippen molar-refractivity contribution >= 4 is 11.6 Å². The van der Waals surface area contributed by atoms with E-state index in [2.05, 4.69) is 10.4 Å². The summed E-state index contributed by atoms with van der Waals surface area (Å²) in [5.74, 6) is 0.741. The molecule has 128 valence electrons. The second kappa shape index (κ2) is 7.83. The molecule has 1 aromatic carbocycles. The van der Waals surface area contributed by atoms with Gasteiger partial charge < -0.3 is 19.7 Å². The predicted octanol–water partition coefficient (Wildman–Crippen LogP) is 1.48. The Labute approximate surface area is 141 Å². The molecule has 0 aliphatic carbocycles. The van der Waals surface area contributed by atoms with Crippen LogP contribution in [0.4, 0.5) is 5.69 Å². The number of hydrogen-bond acceptors (Lipinski definition) is 5. The van der Waals surface area contributed by atoms with Gasteiger partial charge in [0.05, 0.1) is 32.6 Å². The Hall–Kier alpha value is -2.54. The lowest BCUT2D eigenvalue weighted by molar-refractivity contribution is 0.0303. The van der Waals surface area contributed by atoms with E-state index in [-0.39, 0.29) is 5.91 Å². The van der Waals surface area contributed by atoms with Crippen molar-refractivity contribution in [1.82, 2.24) is 14.7 Å². The van der Waals surface area contributed by atoms with E-state index < -0.39 is 0 Å². The van der Waals surface area contributed by atoms with E-state index in [9.17, 15) is 4.79 Å². The van der Waals surface area contributed by atoms with Gasteiger partial charge in [0.15, 0.2) is 0 Å². The molecule has 0 atom stereocenters. The van der Waals surface area contributed by atoms with Gasteiger partial charge in [0.1, 0.15) is 5.75 Å². The highest BCUT2D eigenvalue weighted by atomic mass is 16.5. The maximum atomic E-state index is 12.6. The van der Waals surface area contributed by atoms with Gasteiger partial charge in [-0.15, -0.1) is 0 Å². The summed E-state index contributed by atoms with van der Waals surface area (Å²) in [5.41, 5.74) is 1.46. The highest BCUT2D eigenvalue weighted by Gasteiger charge is 2.19. The standard InChI is InChI=1S/C17H22N4O3/c1-23-16-4-3-14(17(22)20-9-11-24-12-10-20)13-15(16)18-6-8-21-7-2-5-19-21/h2-5,7,13,18H,6,8-12H2,1H3. The number of carbonyl (C=O) groups is 1. The van der Waals surface area contributed by atoms with E-state index in [4.69, 9.17) is 9.47 Å². The zero-order chi connectivity index (χ0) is 16.8. The third-order valence-corrected chi connectivity index (χ3v) is 3.96. The van der Waals surface area contributed by atoms with Crippen LogP contribution < -0.4 is 10.1 Å². The maximum absolute atomic E-state index is 12.6. The fourth-order valence-corrected chi connectivity index (χ4v) is 2.67. The molecule has 1 aromatic heterocycles. The summed E-state index contributed by atoms with van der Waals surface area (Å²) in [7, 11) is 1.62. The van der Waals surface area contributed by atoms with Crippen molar-refractivity contribution in [1.29, 1.82) is 0 Å². The molecule has 1 amide bonds. The number of nitrogens with one attached hydrogen (secondary N) is 1. The lowest BCUT2D eigenvalue weighted by Gasteiger charge is -2.27. The van der Waals surface area contributed by atoms with E-state index in [1.54, 1.807) is 19.4 Å². The molecule has 1 fully saturated rings. The molecule has 1 saturated heterocycles. The molecule has 0 unspecified atom stereocenters. The van der Waals surface area contributed by atoms with Gasteiger partial charge in [0, 0.05) is 37.6 Å². The summed E-state index contributed by atoms with van der Waals surface area (Å²) in [6.45, 7) is 3.87. The van der Waals surface area contributed by atoms with Crippen LogP contribution in [0.3, 0.4) is 0 Å². The number of ether oxygens (including phenoxy) is 2. The molecule has 1 N–H and O–H groups in total. The number of nitrogens with zero attached hydrogens (tertiary/aromatic N) is 3. The summed E-state index contributed by atoms with van der Waals surface area (Å²) in [6.07, 6.45) is 3.67. The van der Waals surface area contributed by atoms with Crippen molar-refractivity contribution < 1.29 is 14.3 Å². The van der Waals surface area contributed by atoms with Crippen LogP contribution in [0.2, 0.25) is 0 Å². The molecule has 3 rings (SSSR count). The Balaban J connectivity index is 1.68. The zero-order valence-electron chi connectivity index (χ0n) is 13.8. The lowest BCUT2D eigenvalue weighted by Crippen LogP contribution is -2.40. The minimum Gasteiger partial charge on any atom is -0.495 e. The predicted molar refractivity (Wildman–Crippen MR) is 90.4 cm³/mol. The van der Waals surface area contributed by atoms with E-state index in [0.29, 0.717) is 44.2 Å². The summed E-state index contributed by atoms with van der Waals surface area (Å²) in [4.78, 5) is 14.4. The number of rotatable bonds is 6. The van der Waals surface area contributed by atoms with Crippen LogP contribution in [0.25, 0.3) is 0 Å². The van der Waals surface area contributed by atoms with E-state index >= 15 is 0 Å². The quantitative estimate of drug-likeness (QED) is 0.869. The Morgan fingerprint density at radius 3 is 2.92 bits per heavy atom. The van der Waals surface area contributed by atoms with E-state index in [1.165, 1.54) is 0 Å². The van der Waals surface area contributed by atoms with Crippen LogP contribution in [0, 0.1) is 0 Å². The largest absolute Gasteiger partial charge is 0.495 e. The summed E-state index contributed by atoms with van der Waals surface area (Å²) >= 11 is 0. The molecule has 0 saturated carbocycles. The van der Waals surface area contributed by atoms with Crippen LogP contribution >= 0.6 is 0 Å². The van der Waals surface area contributed by atoms with Gasteiger partial charge in [0.2, 0.25) is 0 Å². The van der Waals surface area contributed by atoms with Gasteiger partial charge in [-0.1, -0.05) is 0 Å². The zero-order valence-corrected chi connectivity index (χ0v) is 13.8. The van der Waals surface area contributed by atoms with Crippen molar-refractivity contribution in [3.8, 4) is 5.75 Å². The maximum Gasteiger partial charge on any atom is 0.254 e. The molecule has 2 heterocycles. The molecule has 0 bridgehead atoms. The van der Waals surface area contributed by atoms with Gasteiger partial charge in [-0.2, -0.15) is 5.10 Å². The van der Waals surface area contributed by atoms with E-state index in [0.717, 1.165) is 12.2 Å². The second-order valence-electron chi connectivity index (χ2n) is 5.52. The highest BCUT2D eigenvalue weighted by molar-refractivity contribution is 5.95. The molecule has 2 aromatic rings. The first-order valence-corrected chi connectivity index (χ1v) is 8.04. The van der Waals surface area contributed by atoms with Crippen molar-refractivity contribution in [2.24, 2.45) is 0 Å². The first kappa shape index (κ1) is 16.3. The molecule has 7 nitrogen and oxygen atoms in total. The van der Waals surface area contributed by atoms with Crippen LogP contribution in [0.1, 0.15) is 10.4 Å². The average molecular weight is 330 g/mol. The van der Waals surface area contributed by atoms with Gasteiger partial charge in [-0.3, -0.25) is 9.48 Å². The minimum atomic E-state index is 0.0241. The molecule has 24 heavy (non-hydrogen) atoms. The van der Waals surface area contributed by atoms with Crippen LogP contribution in [-0.4, -0.2) is 60.5 Å². The summed E-state index contributed by atoms with van der Waals surface area (Å²) in [6, 6.07) is 7.36. The summed E-state index contributed by atoms with van der Waals surface area (Å²) < 4.78 is 12.5. The number of aromatic nitrogens is 2. The molecule has 1 aliphatic heterocycles. The lowest BCUT2D eigenvalue weighted by atomic mass is 10.1. The average Bonchev–Trinajstić information content (AvgIpc) is 3.15. The first-order valence-electron chi connectivity index (χ1n) is 8.04. The van der Waals surface area contributed by atoms with Crippen molar-refractivity contribution in [3.05, 3.63) is 42.2 Å². The Morgan fingerprint density at radius 2 is 2.21 bits per heavy atom. The minimum absolute atomic E-state index is 0.0241. The van der Waals surface area contributed by atoms with Crippen LogP contribution in [-0.2, 0) is 11.3 Å². The molecular weight excluding hydrogens is 308 g/mol. The Morgan fingerprint density at radius 1 is 1.38 bits per heavy atom. The molecule has 7 heteroatoms. The number of methoxy groups -OCH3 is 1. The fourth-order valence-electron chi connectivity index (χ4n) is 2.67. The molecule has 1 aliphatic rings. The number of hydrogen-bond donors (Lipinski definition) is 1. The number of benzene rings is 1. The van der Waals surface area contributed by atoms with Crippen LogP contribution in [0.5, 0.6) is 5.75 Å². The van der Waals surface area contributed by atoms with Gasteiger partial charge in [0.25, 0.3) is 5.91 Å². The smallest absolute Gasteiger partial charge is 0.254 e. The third kappa shape index (κ3) is 3.86. The van der Waals surface area contributed by atoms with Gasteiger partial charge in [-0.05, 0) is 24.3 Å². The normalized spacial score (nSPS) is 14.5. The summed E-state index contributed by atoms with van der Waals surface area (Å²) in [5, 5.41) is 7.49. The monoisotopic (exact) mass is 330 g/mol. The Bertz CT molecular complexity index is 666.